The summed E-state index contributed by atoms with van der Waals surface area (Å²) in [7, 11) is 2.25. The number of fused-ring (bicyclic) bond motifs is 4. The Morgan fingerprint density at radius 3 is 2.61 bits per heavy atom. The van der Waals surface area contributed by atoms with Gasteiger partial charge in [0.05, 0.1) is 0 Å². The zero-order valence-corrected chi connectivity index (χ0v) is 14.5. The highest BCUT2D eigenvalue weighted by molar-refractivity contribution is 5.85. The van der Waals surface area contributed by atoms with Crippen LogP contribution in [-0.4, -0.2) is 29.6 Å². The van der Waals surface area contributed by atoms with Gasteiger partial charge in [-0.2, -0.15) is 0 Å². The maximum atomic E-state index is 10.1. The molecule has 1 aliphatic heterocycles. The first-order chi connectivity index (χ1) is 10.6. The topological polar surface area (TPSA) is 23.5 Å². The largest absolute Gasteiger partial charge is 0.508 e. The standard InChI is InChI=1S/C20H23NO.ClH/c1-14-19-12-15-8-9-17(22)13-18(15)20(14,10-11-21(19)2)16-6-4-3-5-7-16;/h3-9,13-14,19,22H,10-12H2,1-2H3;1H/t14-,19-,20-;/m0./s1. The first-order valence-electron chi connectivity index (χ1n) is 8.21. The molecule has 122 valence electrons. The number of nitrogens with zero attached hydrogens (tertiary/aromatic N) is 1. The smallest absolute Gasteiger partial charge is 0.115 e. The molecule has 3 atom stereocenters. The van der Waals surface area contributed by atoms with Crippen LogP contribution in [0.5, 0.6) is 5.75 Å². The van der Waals surface area contributed by atoms with Crippen molar-refractivity contribution in [2.24, 2.45) is 5.92 Å². The summed E-state index contributed by atoms with van der Waals surface area (Å²) in [5, 5.41) is 10.1. The van der Waals surface area contributed by atoms with Gasteiger partial charge in [-0.05, 0) is 61.2 Å². The number of phenols is 1. The van der Waals surface area contributed by atoms with Crippen molar-refractivity contribution >= 4 is 12.4 Å². The van der Waals surface area contributed by atoms with Crippen molar-refractivity contribution < 1.29 is 5.11 Å². The van der Waals surface area contributed by atoms with E-state index in [4.69, 9.17) is 0 Å². The summed E-state index contributed by atoms with van der Waals surface area (Å²) in [6.07, 6.45) is 2.20. The lowest BCUT2D eigenvalue weighted by Crippen LogP contribution is -2.58. The lowest BCUT2D eigenvalue weighted by atomic mass is 9.55. The van der Waals surface area contributed by atoms with Gasteiger partial charge in [0, 0.05) is 11.5 Å². The molecule has 3 heteroatoms. The van der Waals surface area contributed by atoms with Gasteiger partial charge in [0.25, 0.3) is 0 Å². The van der Waals surface area contributed by atoms with E-state index in [1.807, 2.05) is 12.1 Å². The molecule has 0 aromatic heterocycles. The molecule has 2 aromatic carbocycles. The minimum Gasteiger partial charge on any atom is -0.508 e. The van der Waals surface area contributed by atoms with Crippen LogP contribution in [0, 0.1) is 5.92 Å². The molecule has 0 radical (unpaired) electrons. The molecule has 2 nitrogen and oxygen atoms in total. The number of halogens is 1. The summed E-state index contributed by atoms with van der Waals surface area (Å²) < 4.78 is 0. The molecule has 0 amide bonds. The maximum Gasteiger partial charge on any atom is 0.115 e. The van der Waals surface area contributed by atoms with Crippen LogP contribution in [0.4, 0.5) is 0 Å². The van der Waals surface area contributed by atoms with Crippen molar-refractivity contribution in [3.05, 3.63) is 65.2 Å². The highest BCUT2D eigenvalue weighted by Crippen LogP contribution is 2.52. The fraction of sp³-hybridized carbons (Fsp3) is 0.400. The van der Waals surface area contributed by atoms with E-state index < -0.39 is 0 Å². The van der Waals surface area contributed by atoms with E-state index in [1.54, 1.807) is 0 Å². The number of likely N-dealkylation sites (tertiary alicyclic amines) is 1. The van der Waals surface area contributed by atoms with Crippen LogP contribution in [-0.2, 0) is 11.8 Å². The van der Waals surface area contributed by atoms with E-state index in [0.29, 0.717) is 17.7 Å². The van der Waals surface area contributed by atoms with E-state index >= 15 is 0 Å². The van der Waals surface area contributed by atoms with E-state index in [1.165, 1.54) is 16.7 Å². The van der Waals surface area contributed by atoms with Crippen LogP contribution in [0.25, 0.3) is 0 Å². The second-order valence-electron chi connectivity index (χ2n) is 6.97. The SMILES string of the molecule is C[C@H]1[C@@H]2Cc3ccc(O)cc3[C@@]1(c1ccccc1)CCN2C.Cl. The molecule has 23 heavy (non-hydrogen) atoms. The highest BCUT2D eigenvalue weighted by atomic mass is 35.5. The highest BCUT2D eigenvalue weighted by Gasteiger charge is 2.51. The number of rotatable bonds is 1. The van der Waals surface area contributed by atoms with Crippen LogP contribution >= 0.6 is 12.4 Å². The Hall–Kier alpha value is -1.51. The van der Waals surface area contributed by atoms with Gasteiger partial charge in [0.2, 0.25) is 0 Å². The van der Waals surface area contributed by atoms with Crippen molar-refractivity contribution in [1.29, 1.82) is 0 Å². The fourth-order valence-corrected chi connectivity index (χ4v) is 4.85. The third-order valence-corrected chi connectivity index (χ3v) is 6.07. The summed E-state index contributed by atoms with van der Waals surface area (Å²) >= 11 is 0. The van der Waals surface area contributed by atoms with Gasteiger partial charge in [0.15, 0.2) is 0 Å². The maximum absolute atomic E-state index is 10.1. The Labute approximate surface area is 144 Å². The minimum atomic E-state index is 0. The van der Waals surface area contributed by atoms with E-state index in [9.17, 15) is 5.11 Å². The molecule has 2 aliphatic rings. The van der Waals surface area contributed by atoms with Crippen LogP contribution in [0.2, 0.25) is 0 Å². The van der Waals surface area contributed by atoms with Crippen LogP contribution in [0.3, 0.4) is 0 Å². The first-order valence-corrected chi connectivity index (χ1v) is 8.21. The molecular formula is C20H24ClNO. The molecule has 4 rings (SSSR count). The Kier molecular flexibility index (Phi) is 4.16. The van der Waals surface area contributed by atoms with E-state index in [-0.39, 0.29) is 17.8 Å². The predicted molar refractivity (Wildman–Crippen MR) is 96.5 cm³/mol. The number of aromatic hydroxyl groups is 1. The summed E-state index contributed by atoms with van der Waals surface area (Å²) in [4.78, 5) is 2.52. The molecule has 0 saturated carbocycles. The van der Waals surface area contributed by atoms with Gasteiger partial charge in [0.1, 0.15) is 5.75 Å². The molecule has 0 unspecified atom stereocenters. The van der Waals surface area contributed by atoms with Gasteiger partial charge in [-0.3, -0.25) is 0 Å². The van der Waals surface area contributed by atoms with Gasteiger partial charge in [-0.25, -0.2) is 0 Å². The lowest BCUT2D eigenvalue weighted by Gasteiger charge is -2.55. The van der Waals surface area contributed by atoms with Crippen molar-refractivity contribution in [1.82, 2.24) is 4.90 Å². The quantitative estimate of drug-likeness (QED) is 0.855. The normalized spacial score (nSPS) is 29.5. The molecule has 0 spiro atoms. The third-order valence-electron chi connectivity index (χ3n) is 6.07. The summed E-state index contributed by atoms with van der Waals surface area (Å²) in [5.74, 6) is 0.932. The van der Waals surface area contributed by atoms with Gasteiger partial charge >= 0.3 is 0 Å². The molecule has 1 N–H and O–H groups in total. The number of hydrogen-bond donors (Lipinski definition) is 1. The number of benzene rings is 2. The lowest BCUT2D eigenvalue weighted by molar-refractivity contribution is 0.0613. The number of piperidine rings is 1. The van der Waals surface area contributed by atoms with Crippen LogP contribution < -0.4 is 0 Å². The third kappa shape index (κ3) is 2.28. The first kappa shape index (κ1) is 16.4. The Morgan fingerprint density at radius 2 is 1.87 bits per heavy atom. The van der Waals surface area contributed by atoms with E-state index in [2.05, 4.69) is 55.3 Å². The average Bonchev–Trinajstić information content (AvgIpc) is 2.53. The summed E-state index contributed by atoms with van der Waals surface area (Å²) in [6, 6.07) is 17.4. The molecule has 1 saturated heterocycles. The summed E-state index contributed by atoms with van der Waals surface area (Å²) in [5.41, 5.74) is 4.17. The van der Waals surface area contributed by atoms with Crippen molar-refractivity contribution in [3.63, 3.8) is 0 Å². The van der Waals surface area contributed by atoms with Crippen molar-refractivity contribution in [2.75, 3.05) is 13.6 Å². The average molecular weight is 330 g/mol. The molecule has 2 bridgehead atoms. The zero-order chi connectivity index (χ0) is 15.3. The summed E-state index contributed by atoms with van der Waals surface area (Å²) in [6.45, 7) is 3.50. The fourth-order valence-electron chi connectivity index (χ4n) is 4.85. The van der Waals surface area contributed by atoms with Gasteiger partial charge < -0.3 is 10.0 Å². The van der Waals surface area contributed by atoms with Crippen LogP contribution in [0.1, 0.15) is 30.0 Å². The minimum absolute atomic E-state index is 0. The molecule has 1 aliphatic carbocycles. The predicted octanol–water partition coefficient (Wildman–Crippen LogP) is 4.00. The zero-order valence-electron chi connectivity index (χ0n) is 13.7. The second kappa shape index (κ2) is 5.85. The van der Waals surface area contributed by atoms with Gasteiger partial charge in [-0.1, -0.05) is 43.3 Å². The molecule has 2 aromatic rings. The van der Waals surface area contributed by atoms with Crippen molar-refractivity contribution in [2.45, 2.75) is 31.2 Å². The monoisotopic (exact) mass is 329 g/mol. The Morgan fingerprint density at radius 1 is 1.13 bits per heavy atom. The molecule has 1 fully saturated rings. The second-order valence-corrected chi connectivity index (χ2v) is 6.97. The van der Waals surface area contributed by atoms with E-state index in [0.717, 1.165) is 19.4 Å². The Bertz CT molecular complexity index is 702. The number of likely N-dealkylation sites (N-methyl/N-ethyl adjacent to an activating group) is 1. The van der Waals surface area contributed by atoms with Gasteiger partial charge in [-0.15, -0.1) is 12.4 Å². The van der Waals surface area contributed by atoms with Crippen molar-refractivity contribution in [3.8, 4) is 5.75 Å². The number of phenolic OH excluding ortho intramolecular Hbond substituents is 1. The Balaban J connectivity index is 0.00000156. The van der Waals surface area contributed by atoms with Crippen LogP contribution in [0.15, 0.2) is 48.5 Å². The number of hydrogen-bond acceptors (Lipinski definition) is 2. The molecule has 1 heterocycles. The molecular weight excluding hydrogens is 306 g/mol.